The molecule has 14 heavy (non-hydrogen) atoms. The minimum absolute atomic E-state index is 0.254. The lowest BCUT2D eigenvalue weighted by molar-refractivity contribution is -0.458. The van der Waals surface area contributed by atoms with Gasteiger partial charge in [0, 0.05) is 4.92 Å². The van der Waals surface area contributed by atoms with E-state index in [4.69, 9.17) is 0 Å². The van der Waals surface area contributed by atoms with E-state index in [0.717, 1.165) is 24.3 Å². The van der Waals surface area contributed by atoms with Crippen molar-refractivity contribution in [2.75, 3.05) is 5.88 Å². The van der Waals surface area contributed by atoms with E-state index in [1.807, 2.05) is 0 Å². The fourth-order valence-electron chi connectivity index (χ4n) is 0.855. The van der Waals surface area contributed by atoms with Crippen molar-refractivity contribution in [1.29, 1.82) is 0 Å². The standard InChI is InChI=1S/C7H6FNO4S/c8-6-1-3-7(4-2-6)14(12,13)5-9(10)11/h1-4H,5H2. The molecule has 0 saturated carbocycles. The summed E-state index contributed by atoms with van der Waals surface area (Å²) in [5.74, 6) is -1.77. The smallest absolute Gasteiger partial charge is 0.263 e. The summed E-state index contributed by atoms with van der Waals surface area (Å²) in [6.45, 7) is 0. The Morgan fingerprint density at radius 3 is 2.21 bits per heavy atom. The van der Waals surface area contributed by atoms with Gasteiger partial charge in [0.2, 0.25) is 9.84 Å². The Hall–Kier alpha value is -1.50. The minimum Gasteiger partial charge on any atom is -0.263 e. The van der Waals surface area contributed by atoms with Crippen molar-refractivity contribution in [2.24, 2.45) is 0 Å². The van der Waals surface area contributed by atoms with Crippen LogP contribution in [0.4, 0.5) is 4.39 Å². The second-order valence-corrected chi connectivity index (χ2v) is 4.49. The first-order chi connectivity index (χ1) is 6.42. The molecule has 0 aromatic heterocycles. The van der Waals surface area contributed by atoms with Gasteiger partial charge in [0.1, 0.15) is 5.82 Å². The lowest BCUT2D eigenvalue weighted by Gasteiger charge is -1.98. The van der Waals surface area contributed by atoms with Gasteiger partial charge in [0.25, 0.3) is 0 Å². The van der Waals surface area contributed by atoms with Crippen molar-refractivity contribution in [1.82, 2.24) is 0 Å². The van der Waals surface area contributed by atoms with Crippen LogP contribution in [0.15, 0.2) is 29.2 Å². The zero-order chi connectivity index (χ0) is 10.8. The molecule has 1 aromatic carbocycles. The van der Waals surface area contributed by atoms with E-state index in [1.54, 1.807) is 0 Å². The van der Waals surface area contributed by atoms with E-state index in [9.17, 15) is 22.9 Å². The summed E-state index contributed by atoms with van der Waals surface area (Å²) < 4.78 is 34.8. The second-order valence-electron chi connectivity index (χ2n) is 2.53. The third-order valence-electron chi connectivity index (χ3n) is 1.45. The van der Waals surface area contributed by atoms with Crippen molar-refractivity contribution in [3.63, 3.8) is 0 Å². The molecule has 76 valence electrons. The van der Waals surface area contributed by atoms with Crippen LogP contribution >= 0.6 is 0 Å². The van der Waals surface area contributed by atoms with Crippen LogP contribution in [0.2, 0.25) is 0 Å². The van der Waals surface area contributed by atoms with Crippen molar-refractivity contribution >= 4 is 9.84 Å². The SMILES string of the molecule is O=[N+]([O-])CS(=O)(=O)c1ccc(F)cc1. The first-order valence-electron chi connectivity index (χ1n) is 3.52. The summed E-state index contributed by atoms with van der Waals surface area (Å²) in [4.78, 5) is 8.81. The van der Waals surface area contributed by atoms with Crippen molar-refractivity contribution in [2.45, 2.75) is 4.90 Å². The third kappa shape index (κ3) is 2.49. The number of sulfone groups is 1. The van der Waals surface area contributed by atoms with Gasteiger partial charge in [0.15, 0.2) is 0 Å². The van der Waals surface area contributed by atoms with Gasteiger partial charge >= 0.3 is 5.88 Å². The fourth-order valence-corrected chi connectivity index (χ4v) is 1.83. The Bertz CT molecular complexity index is 439. The van der Waals surface area contributed by atoms with Gasteiger partial charge in [-0.05, 0) is 24.3 Å². The largest absolute Gasteiger partial charge is 0.305 e. The summed E-state index contributed by atoms with van der Waals surface area (Å²) in [5.41, 5.74) is 0. The number of halogens is 1. The zero-order valence-corrected chi connectivity index (χ0v) is 7.70. The molecule has 0 aliphatic rings. The molecule has 0 saturated heterocycles. The first-order valence-corrected chi connectivity index (χ1v) is 5.17. The molecule has 0 amide bonds. The lowest BCUT2D eigenvalue weighted by Crippen LogP contribution is -2.14. The molecule has 1 rings (SSSR count). The molecule has 0 aliphatic heterocycles. The highest BCUT2D eigenvalue weighted by Crippen LogP contribution is 2.11. The molecule has 0 fully saturated rings. The molecule has 0 N–H and O–H groups in total. The van der Waals surface area contributed by atoms with Crippen molar-refractivity contribution < 1.29 is 17.7 Å². The topological polar surface area (TPSA) is 77.3 Å². The maximum Gasteiger partial charge on any atom is 0.305 e. The molecule has 0 radical (unpaired) electrons. The summed E-state index contributed by atoms with van der Waals surface area (Å²) in [5, 5.41) is 10.0. The summed E-state index contributed by atoms with van der Waals surface area (Å²) in [6.07, 6.45) is 0. The van der Waals surface area contributed by atoms with Crippen LogP contribution in [0.5, 0.6) is 0 Å². The monoisotopic (exact) mass is 219 g/mol. The van der Waals surface area contributed by atoms with Gasteiger partial charge < -0.3 is 0 Å². The van der Waals surface area contributed by atoms with E-state index in [-0.39, 0.29) is 4.90 Å². The van der Waals surface area contributed by atoms with E-state index in [1.165, 1.54) is 0 Å². The quantitative estimate of drug-likeness (QED) is 0.428. The van der Waals surface area contributed by atoms with Crippen LogP contribution in [-0.2, 0) is 9.84 Å². The highest BCUT2D eigenvalue weighted by atomic mass is 32.2. The van der Waals surface area contributed by atoms with Gasteiger partial charge in [0.05, 0.1) is 4.90 Å². The van der Waals surface area contributed by atoms with Gasteiger partial charge in [-0.25, -0.2) is 12.8 Å². The summed E-state index contributed by atoms with van der Waals surface area (Å²) >= 11 is 0. The Morgan fingerprint density at radius 2 is 1.79 bits per heavy atom. The predicted octanol–water partition coefficient (Wildman–Crippen LogP) is 0.834. The first kappa shape index (κ1) is 10.6. The number of rotatable bonds is 3. The Labute approximate surface area is 79.2 Å². The molecule has 0 aliphatic carbocycles. The predicted molar refractivity (Wildman–Crippen MR) is 45.4 cm³/mol. The minimum atomic E-state index is -3.94. The molecule has 0 atom stereocenters. The molecule has 0 heterocycles. The molecule has 0 unspecified atom stereocenters. The molecule has 7 heteroatoms. The maximum atomic E-state index is 12.4. The van der Waals surface area contributed by atoms with Gasteiger partial charge in [-0.3, -0.25) is 10.1 Å². The van der Waals surface area contributed by atoms with Crippen LogP contribution in [-0.4, -0.2) is 19.2 Å². The maximum absolute atomic E-state index is 12.4. The number of hydrogen-bond acceptors (Lipinski definition) is 4. The molecule has 0 spiro atoms. The molecule has 0 bridgehead atoms. The molecular weight excluding hydrogens is 213 g/mol. The highest BCUT2D eigenvalue weighted by Gasteiger charge is 2.20. The highest BCUT2D eigenvalue weighted by molar-refractivity contribution is 7.91. The van der Waals surface area contributed by atoms with E-state index in [0.29, 0.717) is 0 Å². The van der Waals surface area contributed by atoms with Gasteiger partial charge in [-0.2, -0.15) is 0 Å². The van der Waals surface area contributed by atoms with Crippen LogP contribution < -0.4 is 0 Å². The third-order valence-corrected chi connectivity index (χ3v) is 2.99. The second kappa shape index (κ2) is 3.70. The molecule has 1 aromatic rings. The number of nitro groups is 1. The van der Waals surface area contributed by atoms with Crippen molar-refractivity contribution in [3.8, 4) is 0 Å². The zero-order valence-electron chi connectivity index (χ0n) is 6.88. The van der Waals surface area contributed by atoms with E-state index >= 15 is 0 Å². The van der Waals surface area contributed by atoms with Crippen LogP contribution in [0, 0.1) is 15.9 Å². The van der Waals surface area contributed by atoms with Crippen molar-refractivity contribution in [3.05, 3.63) is 40.2 Å². The molecule has 5 nitrogen and oxygen atoms in total. The van der Waals surface area contributed by atoms with E-state index in [2.05, 4.69) is 0 Å². The van der Waals surface area contributed by atoms with Gasteiger partial charge in [-0.15, -0.1) is 0 Å². The van der Waals surface area contributed by atoms with Crippen LogP contribution in [0.25, 0.3) is 0 Å². The van der Waals surface area contributed by atoms with Crippen LogP contribution in [0.3, 0.4) is 0 Å². The number of benzene rings is 1. The normalized spacial score (nSPS) is 11.2. The molecular formula is C7H6FNO4S. The van der Waals surface area contributed by atoms with E-state index < -0.39 is 26.5 Å². The average molecular weight is 219 g/mol. The summed E-state index contributed by atoms with van der Waals surface area (Å²) in [6, 6.07) is 3.86. The summed E-state index contributed by atoms with van der Waals surface area (Å²) in [7, 11) is -3.94. The fraction of sp³-hybridized carbons (Fsp3) is 0.143. The van der Waals surface area contributed by atoms with Crippen LogP contribution in [0.1, 0.15) is 0 Å². The Morgan fingerprint density at radius 1 is 1.29 bits per heavy atom. The Kier molecular flexibility index (Phi) is 2.80. The Balaban J connectivity index is 3.05. The average Bonchev–Trinajstić information content (AvgIpc) is 2.02. The van der Waals surface area contributed by atoms with Gasteiger partial charge in [-0.1, -0.05) is 0 Å². The lowest BCUT2D eigenvalue weighted by atomic mass is 10.4. The number of nitrogens with zero attached hydrogens (tertiary/aromatic N) is 1. The number of hydrogen-bond donors (Lipinski definition) is 0.